The Morgan fingerprint density at radius 2 is 1.05 bits per heavy atom. The van der Waals surface area contributed by atoms with Gasteiger partial charge in [0.05, 0.1) is 6.61 Å². The van der Waals surface area contributed by atoms with Gasteiger partial charge in [0, 0.05) is 12.8 Å². The van der Waals surface area contributed by atoms with Crippen LogP contribution >= 0.6 is 0 Å². The number of ether oxygens (including phenoxy) is 4. The molecule has 1 aliphatic rings. The van der Waals surface area contributed by atoms with Gasteiger partial charge in [0.15, 0.2) is 12.4 Å². The number of carbonyl (C=O) groups is 2. The number of hydrogen-bond donors (Lipinski definition) is 4. The second-order valence-electron chi connectivity index (χ2n) is 15.7. The lowest BCUT2D eigenvalue weighted by Crippen LogP contribution is -2.60. The van der Waals surface area contributed by atoms with E-state index >= 15 is 0 Å². The Morgan fingerprint density at radius 3 is 1.58 bits per heavy atom. The van der Waals surface area contributed by atoms with Crippen molar-refractivity contribution in [2.75, 3.05) is 19.0 Å². The number of carbonyl (C=O) groups excluding carboxylic acids is 2. The van der Waals surface area contributed by atoms with Crippen molar-refractivity contribution in [3.63, 3.8) is 0 Å². The second-order valence-corrected chi connectivity index (χ2v) is 17.2. The zero-order valence-electron chi connectivity index (χ0n) is 35.4. The lowest BCUT2D eigenvalue weighted by Gasteiger charge is -2.40. The second kappa shape index (κ2) is 34.9. The Kier molecular flexibility index (Phi) is 32.6. The smallest absolute Gasteiger partial charge is 0.306 e. The lowest BCUT2D eigenvalue weighted by molar-refractivity contribution is -0.297. The number of aliphatic hydroxyl groups is 3. The van der Waals surface area contributed by atoms with E-state index in [0.717, 1.165) is 64.2 Å². The van der Waals surface area contributed by atoms with E-state index < -0.39 is 71.2 Å². The Labute approximate surface area is 345 Å². The first kappa shape index (κ1) is 53.1. The summed E-state index contributed by atoms with van der Waals surface area (Å²) in [7, 11) is -4.60. The van der Waals surface area contributed by atoms with Crippen molar-refractivity contribution in [2.45, 2.75) is 224 Å². The summed E-state index contributed by atoms with van der Waals surface area (Å²) < 4.78 is 54.0. The quantitative estimate of drug-likeness (QED) is 0.0202. The van der Waals surface area contributed by atoms with E-state index in [0.29, 0.717) is 12.8 Å². The van der Waals surface area contributed by atoms with Gasteiger partial charge < -0.3 is 34.3 Å². The first-order chi connectivity index (χ1) is 27.5. The fourth-order valence-corrected chi connectivity index (χ4v) is 7.46. The molecule has 2 unspecified atom stereocenters. The van der Waals surface area contributed by atoms with Crippen molar-refractivity contribution in [1.29, 1.82) is 0 Å². The first-order valence-electron chi connectivity index (χ1n) is 22.4. The van der Waals surface area contributed by atoms with E-state index in [9.17, 15) is 37.9 Å². The highest BCUT2D eigenvalue weighted by Crippen LogP contribution is 2.24. The summed E-state index contributed by atoms with van der Waals surface area (Å²) in [5.74, 6) is -1.99. The molecular formula is C44H80O12S. The van der Waals surface area contributed by atoms with Crippen LogP contribution in [0, 0.1) is 0 Å². The molecule has 0 radical (unpaired) electrons. The molecule has 0 aromatic rings. The Balaban J connectivity index is 2.46. The van der Waals surface area contributed by atoms with Crippen molar-refractivity contribution >= 4 is 22.1 Å². The summed E-state index contributed by atoms with van der Waals surface area (Å²) in [6.07, 6.45) is 27.9. The van der Waals surface area contributed by atoms with Crippen molar-refractivity contribution < 1.29 is 56.8 Å². The molecule has 13 heteroatoms. The predicted octanol–water partition coefficient (Wildman–Crippen LogP) is 8.84. The molecular weight excluding hydrogens is 753 g/mol. The van der Waals surface area contributed by atoms with Gasteiger partial charge in [-0.1, -0.05) is 154 Å². The van der Waals surface area contributed by atoms with Crippen molar-refractivity contribution in [2.24, 2.45) is 0 Å². The number of esters is 2. The first-order valence-corrected chi connectivity index (χ1v) is 24.0. The van der Waals surface area contributed by atoms with Gasteiger partial charge in [0.25, 0.3) is 10.1 Å². The molecule has 0 aliphatic carbocycles. The molecule has 6 atom stereocenters. The van der Waals surface area contributed by atoms with Gasteiger partial charge in [-0.05, 0) is 44.9 Å². The SMILES string of the molecule is CCCCC/C=C/C/C=C/CCCCCCCC(=O)OC[C@H](CO[C@H]1O[C@H](CS(=O)(=O)O)[C@@H](O)C(O)C1O)OC(=O)CCCCCCCCCCCCCCCC. The maximum atomic E-state index is 12.8. The standard InChI is InChI=1S/C44H80O12S/c1-3-5-7-9-11-13-15-17-19-21-22-24-26-28-30-32-39(45)53-34-37(35-54-44-43(49)42(48)41(47)38(56-44)36-57(50,51)52)55-40(46)33-31-29-27-25-23-20-18-16-14-12-10-8-6-4-2/h11,13,17,19,37-38,41-44,47-49H,3-10,12,14-16,18,20-36H2,1-2H3,(H,50,51,52)/b13-11+,19-17+/t37-,38-,41-,42?,43?,44+/m1/s1. The molecule has 1 saturated heterocycles. The number of aliphatic hydroxyl groups excluding tert-OH is 3. The van der Waals surface area contributed by atoms with Crippen molar-refractivity contribution in [3.8, 4) is 0 Å². The monoisotopic (exact) mass is 833 g/mol. The van der Waals surface area contributed by atoms with Gasteiger partial charge in [0.1, 0.15) is 36.8 Å². The highest BCUT2D eigenvalue weighted by atomic mass is 32.2. The third-order valence-corrected chi connectivity index (χ3v) is 11.0. The fraction of sp³-hybridized carbons (Fsp3) is 0.864. The van der Waals surface area contributed by atoms with E-state index in [4.69, 9.17) is 18.9 Å². The Bertz CT molecular complexity index is 1160. The molecule has 57 heavy (non-hydrogen) atoms. The zero-order chi connectivity index (χ0) is 42.0. The number of rotatable bonds is 37. The molecule has 12 nitrogen and oxygen atoms in total. The molecule has 334 valence electrons. The van der Waals surface area contributed by atoms with Gasteiger partial charge in [-0.3, -0.25) is 14.1 Å². The maximum Gasteiger partial charge on any atom is 0.306 e. The highest BCUT2D eigenvalue weighted by Gasteiger charge is 2.46. The Morgan fingerprint density at radius 1 is 0.596 bits per heavy atom. The van der Waals surface area contributed by atoms with Crippen LogP contribution in [0.25, 0.3) is 0 Å². The van der Waals surface area contributed by atoms with E-state index in [1.165, 1.54) is 83.5 Å². The predicted molar refractivity (Wildman–Crippen MR) is 224 cm³/mol. The third kappa shape index (κ3) is 29.9. The molecule has 0 bridgehead atoms. The Hall–Kier alpha value is -1.87. The number of hydrogen-bond acceptors (Lipinski definition) is 11. The van der Waals surface area contributed by atoms with Crippen molar-refractivity contribution in [3.05, 3.63) is 24.3 Å². The third-order valence-electron chi connectivity index (χ3n) is 10.3. The van der Waals surface area contributed by atoms with E-state index in [-0.39, 0.29) is 19.4 Å². The molecule has 0 saturated carbocycles. The van der Waals surface area contributed by atoms with Crippen LogP contribution in [-0.2, 0) is 38.7 Å². The average molecular weight is 833 g/mol. The van der Waals surface area contributed by atoms with Gasteiger partial charge in [0.2, 0.25) is 0 Å². The molecule has 1 rings (SSSR count). The van der Waals surface area contributed by atoms with Crippen LogP contribution in [0.1, 0.15) is 187 Å². The summed E-state index contributed by atoms with van der Waals surface area (Å²) in [6, 6.07) is 0. The molecule has 1 aliphatic heterocycles. The van der Waals surface area contributed by atoms with Crippen LogP contribution in [0.3, 0.4) is 0 Å². The van der Waals surface area contributed by atoms with Crippen molar-refractivity contribution in [1.82, 2.24) is 0 Å². The lowest BCUT2D eigenvalue weighted by atomic mass is 10.00. The molecule has 1 heterocycles. The van der Waals surface area contributed by atoms with E-state index in [1.54, 1.807) is 0 Å². The van der Waals surface area contributed by atoms with Crippen LogP contribution in [0.15, 0.2) is 24.3 Å². The molecule has 0 aromatic heterocycles. The maximum absolute atomic E-state index is 12.8. The summed E-state index contributed by atoms with van der Waals surface area (Å²) >= 11 is 0. The zero-order valence-corrected chi connectivity index (χ0v) is 36.3. The largest absolute Gasteiger partial charge is 0.462 e. The fourth-order valence-electron chi connectivity index (χ4n) is 6.77. The van der Waals surface area contributed by atoms with Gasteiger partial charge in [-0.15, -0.1) is 0 Å². The summed E-state index contributed by atoms with van der Waals surface area (Å²) in [6.45, 7) is 3.72. The summed E-state index contributed by atoms with van der Waals surface area (Å²) in [4.78, 5) is 25.4. The van der Waals surface area contributed by atoms with Crippen LogP contribution in [0.5, 0.6) is 0 Å². The minimum absolute atomic E-state index is 0.165. The van der Waals surface area contributed by atoms with E-state index in [2.05, 4.69) is 38.2 Å². The minimum atomic E-state index is -4.60. The normalized spacial score (nSPS) is 20.7. The topological polar surface area (TPSA) is 186 Å². The molecule has 0 spiro atoms. The highest BCUT2D eigenvalue weighted by molar-refractivity contribution is 7.85. The summed E-state index contributed by atoms with van der Waals surface area (Å²) in [5.41, 5.74) is 0. The number of unbranched alkanes of at least 4 members (excludes halogenated alkanes) is 21. The van der Waals surface area contributed by atoms with Gasteiger partial charge >= 0.3 is 11.9 Å². The molecule has 0 amide bonds. The minimum Gasteiger partial charge on any atom is -0.462 e. The molecule has 4 N–H and O–H groups in total. The van der Waals surface area contributed by atoms with Gasteiger partial charge in [-0.2, -0.15) is 8.42 Å². The molecule has 1 fully saturated rings. The van der Waals surface area contributed by atoms with Crippen LogP contribution in [0.2, 0.25) is 0 Å². The van der Waals surface area contributed by atoms with Crippen LogP contribution < -0.4 is 0 Å². The number of allylic oxidation sites excluding steroid dienone is 4. The summed E-state index contributed by atoms with van der Waals surface area (Å²) in [5, 5.41) is 30.8. The van der Waals surface area contributed by atoms with E-state index in [1.807, 2.05) is 0 Å². The average Bonchev–Trinajstić information content (AvgIpc) is 3.17. The molecule has 0 aromatic carbocycles. The van der Waals surface area contributed by atoms with Crippen LogP contribution in [0.4, 0.5) is 0 Å². The van der Waals surface area contributed by atoms with Crippen LogP contribution in [-0.4, -0.2) is 96.0 Å². The van der Waals surface area contributed by atoms with Gasteiger partial charge in [-0.25, -0.2) is 0 Å².